The van der Waals surface area contributed by atoms with Gasteiger partial charge in [0.2, 0.25) is 0 Å². The second kappa shape index (κ2) is 5.28. The normalized spacial score (nSPS) is 39.2. The van der Waals surface area contributed by atoms with Gasteiger partial charge in [0, 0.05) is 19.1 Å². The summed E-state index contributed by atoms with van der Waals surface area (Å²) in [6, 6.07) is 0.603. The molecule has 1 aliphatic carbocycles. The van der Waals surface area contributed by atoms with Crippen molar-refractivity contribution in [1.82, 2.24) is 4.90 Å². The number of morpholine rings is 1. The van der Waals surface area contributed by atoms with Crippen LogP contribution in [0.2, 0.25) is 0 Å². The highest BCUT2D eigenvalue weighted by Gasteiger charge is 2.29. The van der Waals surface area contributed by atoms with Crippen LogP contribution in [0.5, 0.6) is 0 Å². The molecule has 0 amide bonds. The SMILES string of the molecule is CCC1CN(C2CCCC(O)C2)CCO1. The van der Waals surface area contributed by atoms with Gasteiger partial charge < -0.3 is 9.84 Å². The molecule has 0 aromatic carbocycles. The molecule has 3 atom stereocenters. The minimum absolute atomic E-state index is 0.0633. The van der Waals surface area contributed by atoms with Crippen molar-refractivity contribution in [2.75, 3.05) is 19.7 Å². The quantitative estimate of drug-likeness (QED) is 0.752. The Kier molecular flexibility index (Phi) is 4.00. The zero-order valence-electron chi connectivity index (χ0n) is 9.69. The molecule has 0 bridgehead atoms. The van der Waals surface area contributed by atoms with Crippen LogP contribution >= 0.6 is 0 Å². The molecule has 88 valence electrons. The first-order chi connectivity index (χ1) is 7.29. The van der Waals surface area contributed by atoms with Gasteiger partial charge >= 0.3 is 0 Å². The van der Waals surface area contributed by atoms with E-state index >= 15 is 0 Å². The molecule has 3 nitrogen and oxygen atoms in total. The predicted molar refractivity (Wildman–Crippen MR) is 59.9 cm³/mol. The third kappa shape index (κ3) is 2.92. The van der Waals surface area contributed by atoms with Crippen molar-refractivity contribution in [1.29, 1.82) is 0 Å². The molecule has 0 radical (unpaired) electrons. The average molecular weight is 213 g/mol. The monoisotopic (exact) mass is 213 g/mol. The largest absolute Gasteiger partial charge is 0.393 e. The number of aliphatic hydroxyl groups excluding tert-OH is 1. The Bertz CT molecular complexity index is 198. The highest BCUT2D eigenvalue weighted by atomic mass is 16.5. The highest BCUT2D eigenvalue weighted by Crippen LogP contribution is 2.24. The minimum Gasteiger partial charge on any atom is -0.393 e. The van der Waals surface area contributed by atoms with Gasteiger partial charge in [-0.1, -0.05) is 6.92 Å². The number of ether oxygens (including phenoxy) is 1. The maximum absolute atomic E-state index is 9.68. The Morgan fingerprint density at radius 3 is 3.00 bits per heavy atom. The van der Waals surface area contributed by atoms with Crippen LogP contribution in [-0.4, -0.2) is 48.0 Å². The van der Waals surface area contributed by atoms with Crippen LogP contribution in [0.1, 0.15) is 39.0 Å². The summed E-state index contributed by atoms with van der Waals surface area (Å²) in [4.78, 5) is 2.53. The van der Waals surface area contributed by atoms with E-state index in [9.17, 15) is 5.11 Å². The molecule has 2 fully saturated rings. The van der Waals surface area contributed by atoms with Crippen molar-refractivity contribution >= 4 is 0 Å². The van der Waals surface area contributed by atoms with Crippen molar-refractivity contribution in [2.45, 2.75) is 57.3 Å². The lowest BCUT2D eigenvalue weighted by Crippen LogP contribution is -2.49. The lowest BCUT2D eigenvalue weighted by molar-refractivity contribution is -0.0576. The van der Waals surface area contributed by atoms with Crippen molar-refractivity contribution in [3.63, 3.8) is 0 Å². The number of nitrogens with zero attached hydrogens (tertiary/aromatic N) is 1. The Balaban J connectivity index is 1.86. The lowest BCUT2D eigenvalue weighted by Gasteiger charge is -2.40. The second-order valence-corrected chi connectivity index (χ2v) is 4.87. The zero-order chi connectivity index (χ0) is 10.7. The van der Waals surface area contributed by atoms with Crippen LogP contribution in [0.25, 0.3) is 0 Å². The molecule has 2 rings (SSSR count). The summed E-state index contributed by atoms with van der Waals surface area (Å²) >= 11 is 0. The summed E-state index contributed by atoms with van der Waals surface area (Å²) < 4.78 is 5.67. The summed E-state index contributed by atoms with van der Waals surface area (Å²) in [5, 5.41) is 9.68. The van der Waals surface area contributed by atoms with Gasteiger partial charge in [-0.25, -0.2) is 0 Å². The van der Waals surface area contributed by atoms with Crippen LogP contribution in [0.4, 0.5) is 0 Å². The zero-order valence-corrected chi connectivity index (χ0v) is 9.69. The fraction of sp³-hybridized carbons (Fsp3) is 1.00. The molecular formula is C12H23NO2. The van der Waals surface area contributed by atoms with Gasteiger partial charge in [-0.15, -0.1) is 0 Å². The number of hydrogen-bond donors (Lipinski definition) is 1. The van der Waals surface area contributed by atoms with E-state index in [1.54, 1.807) is 0 Å². The van der Waals surface area contributed by atoms with Crippen LogP contribution in [-0.2, 0) is 4.74 Å². The van der Waals surface area contributed by atoms with E-state index in [0.29, 0.717) is 12.1 Å². The first-order valence-corrected chi connectivity index (χ1v) is 6.33. The average Bonchev–Trinajstić information content (AvgIpc) is 2.29. The summed E-state index contributed by atoms with van der Waals surface area (Å²) in [5.74, 6) is 0. The summed E-state index contributed by atoms with van der Waals surface area (Å²) in [6.45, 7) is 5.16. The van der Waals surface area contributed by atoms with Crippen molar-refractivity contribution in [2.24, 2.45) is 0 Å². The van der Waals surface area contributed by atoms with Crippen LogP contribution in [0.3, 0.4) is 0 Å². The molecule has 2 aliphatic rings. The molecule has 15 heavy (non-hydrogen) atoms. The molecule has 1 heterocycles. The lowest BCUT2D eigenvalue weighted by atomic mass is 9.91. The standard InChI is InChI=1S/C12H23NO2/c1-2-12-9-13(6-7-15-12)10-4-3-5-11(14)8-10/h10-12,14H,2-9H2,1H3. The third-order valence-electron chi connectivity index (χ3n) is 3.76. The summed E-state index contributed by atoms with van der Waals surface area (Å²) in [7, 11) is 0. The van der Waals surface area contributed by atoms with Crippen LogP contribution < -0.4 is 0 Å². The highest BCUT2D eigenvalue weighted by molar-refractivity contribution is 4.83. The van der Waals surface area contributed by atoms with E-state index in [2.05, 4.69) is 11.8 Å². The maximum Gasteiger partial charge on any atom is 0.0700 e. The first-order valence-electron chi connectivity index (χ1n) is 6.33. The molecule has 1 saturated heterocycles. The molecular weight excluding hydrogens is 190 g/mol. The second-order valence-electron chi connectivity index (χ2n) is 4.87. The fourth-order valence-electron chi connectivity index (χ4n) is 2.79. The smallest absolute Gasteiger partial charge is 0.0700 e. The van der Waals surface area contributed by atoms with Gasteiger partial charge in [-0.3, -0.25) is 4.90 Å². The summed E-state index contributed by atoms with van der Waals surface area (Å²) in [6.07, 6.45) is 5.86. The van der Waals surface area contributed by atoms with E-state index in [4.69, 9.17) is 4.74 Å². The number of aliphatic hydroxyl groups is 1. The molecule has 1 saturated carbocycles. The third-order valence-corrected chi connectivity index (χ3v) is 3.76. The van der Waals surface area contributed by atoms with Crippen molar-refractivity contribution < 1.29 is 9.84 Å². The van der Waals surface area contributed by atoms with Crippen molar-refractivity contribution in [3.05, 3.63) is 0 Å². The van der Waals surface area contributed by atoms with Crippen LogP contribution in [0, 0.1) is 0 Å². The molecule has 3 unspecified atom stereocenters. The van der Waals surface area contributed by atoms with Gasteiger partial charge in [-0.2, -0.15) is 0 Å². The van der Waals surface area contributed by atoms with E-state index in [1.165, 1.54) is 12.8 Å². The van der Waals surface area contributed by atoms with E-state index < -0.39 is 0 Å². The Labute approximate surface area is 92.4 Å². The van der Waals surface area contributed by atoms with Gasteiger partial charge in [-0.05, 0) is 32.1 Å². The van der Waals surface area contributed by atoms with Crippen LogP contribution in [0.15, 0.2) is 0 Å². The molecule has 0 aromatic rings. The fourth-order valence-corrected chi connectivity index (χ4v) is 2.79. The summed E-state index contributed by atoms with van der Waals surface area (Å²) in [5.41, 5.74) is 0. The van der Waals surface area contributed by atoms with Gasteiger partial charge in [0.25, 0.3) is 0 Å². The van der Waals surface area contributed by atoms with E-state index in [1.807, 2.05) is 0 Å². The van der Waals surface area contributed by atoms with Gasteiger partial charge in [0.15, 0.2) is 0 Å². The van der Waals surface area contributed by atoms with E-state index in [0.717, 1.165) is 39.0 Å². The molecule has 0 spiro atoms. The molecule has 3 heteroatoms. The minimum atomic E-state index is -0.0633. The topological polar surface area (TPSA) is 32.7 Å². The Morgan fingerprint density at radius 1 is 1.40 bits per heavy atom. The number of rotatable bonds is 2. The maximum atomic E-state index is 9.68. The van der Waals surface area contributed by atoms with Gasteiger partial charge in [0.1, 0.15) is 0 Å². The first kappa shape index (κ1) is 11.4. The number of hydrogen-bond acceptors (Lipinski definition) is 3. The van der Waals surface area contributed by atoms with Crippen molar-refractivity contribution in [3.8, 4) is 0 Å². The Morgan fingerprint density at radius 2 is 2.27 bits per heavy atom. The predicted octanol–water partition coefficient (Wildman–Crippen LogP) is 1.40. The molecule has 1 N–H and O–H groups in total. The van der Waals surface area contributed by atoms with Gasteiger partial charge in [0.05, 0.1) is 18.8 Å². The van der Waals surface area contributed by atoms with E-state index in [-0.39, 0.29) is 6.10 Å². The molecule has 1 aliphatic heterocycles. The Hall–Kier alpha value is -0.120. The molecule has 0 aromatic heterocycles.